The Balaban J connectivity index is 1.19. The number of anilines is 3. The lowest BCUT2D eigenvalue weighted by atomic mass is 10.0. The Bertz CT molecular complexity index is 2560. The average Bonchev–Trinajstić information content (AvgIpc) is 3.52. The number of allylic oxidation sites excluding steroid dienone is 4. The van der Waals surface area contributed by atoms with Crippen molar-refractivity contribution < 1.29 is 0 Å². The summed E-state index contributed by atoms with van der Waals surface area (Å²) in [4.78, 5) is 12.8. The summed E-state index contributed by atoms with van der Waals surface area (Å²) in [5, 5.41) is 2.51. The second-order valence-electron chi connectivity index (χ2n) is 12.8. The van der Waals surface area contributed by atoms with Crippen LogP contribution in [0.3, 0.4) is 0 Å². The molecule has 0 amide bonds. The summed E-state index contributed by atoms with van der Waals surface area (Å²) in [7, 11) is 0. The first-order valence-electron chi connectivity index (χ1n) is 17.5. The molecule has 50 heavy (non-hydrogen) atoms. The number of aromatic nitrogens is 3. The number of hydrogen-bond acceptors (Lipinski definition) is 3. The fourth-order valence-electron chi connectivity index (χ4n) is 7.40. The van der Waals surface area contributed by atoms with E-state index in [2.05, 4.69) is 174 Å². The molecule has 4 nitrogen and oxygen atoms in total. The molecular weight excluding hydrogens is 609 g/mol. The van der Waals surface area contributed by atoms with Crippen molar-refractivity contribution in [3.05, 3.63) is 169 Å². The molecule has 1 aliphatic rings. The van der Waals surface area contributed by atoms with Gasteiger partial charge in [0.05, 0.1) is 33.5 Å². The predicted molar refractivity (Wildman–Crippen MR) is 210 cm³/mol. The van der Waals surface area contributed by atoms with Crippen molar-refractivity contribution in [3.8, 4) is 22.5 Å². The van der Waals surface area contributed by atoms with Crippen molar-refractivity contribution >= 4 is 55.6 Å². The first-order chi connectivity index (χ1) is 24.8. The molecule has 0 aliphatic heterocycles. The molecule has 0 saturated carbocycles. The van der Waals surface area contributed by atoms with Gasteiger partial charge in [-0.05, 0) is 85.5 Å². The molecule has 240 valence electrons. The summed E-state index contributed by atoms with van der Waals surface area (Å²) in [6, 6.07) is 51.8. The summed E-state index contributed by atoms with van der Waals surface area (Å²) < 4.78 is 2.44. The number of nitrogens with zero attached hydrogens (tertiary/aromatic N) is 4. The summed E-state index contributed by atoms with van der Waals surface area (Å²) >= 11 is 0. The fourth-order valence-corrected chi connectivity index (χ4v) is 7.40. The van der Waals surface area contributed by atoms with Crippen molar-refractivity contribution in [2.45, 2.75) is 26.2 Å². The summed E-state index contributed by atoms with van der Waals surface area (Å²) in [6.07, 6.45) is 9.69. The van der Waals surface area contributed by atoms with Crippen LogP contribution in [0.4, 0.5) is 17.1 Å². The van der Waals surface area contributed by atoms with E-state index in [1.54, 1.807) is 0 Å². The molecule has 0 fully saturated rings. The number of hydrogen-bond donors (Lipinski definition) is 0. The van der Waals surface area contributed by atoms with Gasteiger partial charge in [0, 0.05) is 44.7 Å². The van der Waals surface area contributed by atoms with E-state index in [-0.39, 0.29) is 0 Å². The molecule has 0 saturated heterocycles. The Labute approximate surface area is 292 Å². The molecule has 2 aromatic heterocycles. The van der Waals surface area contributed by atoms with Crippen molar-refractivity contribution in [1.29, 1.82) is 0 Å². The lowest BCUT2D eigenvalue weighted by Crippen LogP contribution is -2.10. The molecule has 8 aromatic rings. The molecule has 4 heteroatoms. The van der Waals surface area contributed by atoms with E-state index in [9.17, 15) is 0 Å². The lowest BCUT2D eigenvalue weighted by Gasteiger charge is -2.26. The number of fused-ring (bicyclic) bond motifs is 4. The van der Waals surface area contributed by atoms with Gasteiger partial charge in [-0.2, -0.15) is 0 Å². The Morgan fingerprint density at radius 1 is 0.600 bits per heavy atom. The average molecular weight is 645 g/mol. The van der Waals surface area contributed by atoms with Crippen LogP contribution in [0.2, 0.25) is 0 Å². The van der Waals surface area contributed by atoms with Crippen molar-refractivity contribution in [2.24, 2.45) is 0 Å². The predicted octanol–water partition coefficient (Wildman–Crippen LogP) is 12.3. The Morgan fingerprint density at radius 2 is 1.28 bits per heavy atom. The normalized spacial score (nSPS) is 12.9. The number of benzene rings is 6. The van der Waals surface area contributed by atoms with Crippen LogP contribution in [-0.4, -0.2) is 14.5 Å². The third-order valence-electron chi connectivity index (χ3n) is 9.81. The standard InChI is InChI=1S/C46H36N4/c1-2-32-17-14-23-41-44(32)48-46(33-15-6-3-7-16-33)45(47-41)34-25-27-37(28-26-34)49(35-18-8-4-9-19-35)38-29-30-43-40(31-38)39-22-12-13-24-42(39)50(43)36-20-10-5-11-21-36/h3-10,12-20,22-31H,2,11,21H2,1H3. The zero-order chi connectivity index (χ0) is 33.4. The highest BCUT2D eigenvalue weighted by atomic mass is 15.1. The van der Waals surface area contributed by atoms with Crippen LogP contribution in [-0.2, 0) is 6.42 Å². The monoisotopic (exact) mass is 644 g/mol. The highest BCUT2D eigenvalue weighted by Gasteiger charge is 2.20. The van der Waals surface area contributed by atoms with Crippen LogP contribution in [0.25, 0.3) is 61.1 Å². The molecule has 1 aliphatic carbocycles. The van der Waals surface area contributed by atoms with Gasteiger partial charge in [0.25, 0.3) is 0 Å². The van der Waals surface area contributed by atoms with E-state index in [0.717, 1.165) is 69.9 Å². The molecule has 0 N–H and O–H groups in total. The second kappa shape index (κ2) is 12.6. The van der Waals surface area contributed by atoms with E-state index in [1.807, 2.05) is 6.07 Å². The molecule has 6 aromatic carbocycles. The Kier molecular flexibility index (Phi) is 7.55. The molecular formula is C46H36N4. The molecule has 0 bridgehead atoms. The van der Waals surface area contributed by atoms with Gasteiger partial charge in [0.15, 0.2) is 0 Å². The van der Waals surface area contributed by atoms with Gasteiger partial charge in [-0.1, -0.05) is 110 Å². The SMILES string of the molecule is CCc1cccc2nc(-c3ccc(N(c4ccccc4)c4ccc5c(c4)c4ccccc4n5C4=CC=CCC4)cc3)c(-c3ccccc3)nc12. The van der Waals surface area contributed by atoms with Crippen LogP contribution >= 0.6 is 0 Å². The van der Waals surface area contributed by atoms with Crippen LogP contribution in [0, 0.1) is 0 Å². The van der Waals surface area contributed by atoms with Gasteiger partial charge in [-0.15, -0.1) is 0 Å². The second-order valence-corrected chi connectivity index (χ2v) is 12.8. The van der Waals surface area contributed by atoms with E-state index >= 15 is 0 Å². The molecule has 0 unspecified atom stereocenters. The Hall–Kier alpha value is -6.26. The molecule has 0 spiro atoms. The van der Waals surface area contributed by atoms with Crippen molar-refractivity contribution in [2.75, 3.05) is 4.90 Å². The Morgan fingerprint density at radius 3 is 2.06 bits per heavy atom. The van der Waals surface area contributed by atoms with Gasteiger partial charge in [0.1, 0.15) is 0 Å². The first-order valence-corrected chi connectivity index (χ1v) is 17.5. The topological polar surface area (TPSA) is 34.0 Å². The summed E-state index contributed by atoms with van der Waals surface area (Å²) in [5.41, 5.74) is 14.1. The van der Waals surface area contributed by atoms with E-state index in [4.69, 9.17) is 9.97 Å². The van der Waals surface area contributed by atoms with Crippen LogP contribution in [0.1, 0.15) is 25.3 Å². The minimum absolute atomic E-state index is 0.885. The van der Waals surface area contributed by atoms with E-state index in [1.165, 1.54) is 33.1 Å². The highest BCUT2D eigenvalue weighted by molar-refractivity contribution is 6.11. The van der Waals surface area contributed by atoms with Crippen LogP contribution in [0.15, 0.2) is 164 Å². The first kappa shape index (κ1) is 29.8. The molecule has 9 rings (SSSR count). The maximum atomic E-state index is 5.25. The lowest BCUT2D eigenvalue weighted by molar-refractivity contribution is 0.979. The highest BCUT2D eigenvalue weighted by Crippen LogP contribution is 2.41. The van der Waals surface area contributed by atoms with Gasteiger partial charge in [-0.3, -0.25) is 0 Å². The van der Waals surface area contributed by atoms with Crippen LogP contribution in [0.5, 0.6) is 0 Å². The quantitative estimate of drug-likeness (QED) is 0.173. The zero-order valence-electron chi connectivity index (χ0n) is 28.0. The smallest absolute Gasteiger partial charge is 0.0973 e. The van der Waals surface area contributed by atoms with Gasteiger partial charge < -0.3 is 9.47 Å². The minimum Gasteiger partial charge on any atom is -0.313 e. The third kappa shape index (κ3) is 5.17. The van der Waals surface area contributed by atoms with Crippen molar-refractivity contribution in [1.82, 2.24) is 14.5 Å². The number of para-hydroxylation sites is 3. The third-order valence-corrected chi connectivity index (χ3v) is 9.81. The summed E-state index contributed by atoms with van der Waals surface area (Å²) in [5.74, 6) is 0. The van der Waals surface area contributed by atoms with Crippen molar-refractivity contribution in [3.63, 3.8) is 0 Å². The molecule has 0 radical (unpaired) electrons. The minimum atomic E-state index is 0.885. The number of rotatable bonds is 7. The molecule has 0 atom stereocenters. The van der Waals surface area contributed by atoms with E-state index < -0.39 is 0 Å². The summed E-state index contributed by atoms with van der Waals surface area (Å²) in [6.45, 7) is 2.17. The molecule has 2 heterocycles. The maximum Gasteiger partial charge on any atom is 0.0973 e. The van der Waals surface area contributed by atoms with E-state index in [0.29, 0.717) is 0 Å². The fraction of sp³-hybridized carbons (Fsp3) is 0.0870. The van der Waals surface area contributed by atoms with Crippen LogP contribution < -0.4 is 4.90 Å². The maximum absolute atomic E-state index is 5.25. The van der Waals surface area contributed by atoms with Gasteiger partial charge in [0.2, 0.25) is 0 Å². The van der Waals surface area contributed by atoms with Gasteiger partial charge in [-0.25, -0.2) is 9.97 Å². The van der Waals surface area contributed by atoms with Gasteiger partial charge >= 0.3 is 0 Å². The largest absolute Gasteiger partial charge is 0.313 e. The zero-order valence-corrected chi connectivity index (χ0v) is 28.0. The number of aryl methyl sites for hydroxylation is 1.